The molecule has 0 saturated heterocycles. The molecule has 18 heavy (non-hydrogen) atoms. The van der Waals surface area contributed by atoms with Crippen molar-refractivity contribution in [3.05, 3.63) is 47.8 Å². The van der Waals surface area contributed by atoms with Crippen LogP contribution in [-0.4, -0.2) is 32.8 Å². The molecule has 0 unspecified atom stereocenters. The molecule has 7 heteroatoms. The first-order valence-corrected chi connectivity index (χ1v) is 5.12. The van der Waals surface area contributed by atoms with Crippen LogP contribution in [0.1, 0.15) is 16.3 Å². The van der Waals surface area contributed by atoms with Crippen LogP contribution in [0.2, 0.25) is 0 Å². The summed E-state index contributed by atoms with van der Waals surface area (Å²) < 4.78 is 26.0. The monoisotopic (exact) mass is 252 g/mol. The number of rotatable bonds is 3. The summed E-state index contributed by atoms with van der Waals surface area (Å²) in [5, 5.41) is 0. The van der Waals surface area contributed by atoms with Crippen molar-refractivity contribution in [2.24, 2.45) is 0 Å². The van der Waals surface area contributed by atoms with Gasteiger partial charge in [-0.05, 0) is 0 Å². The minimum atomic E-state index is -0.980. The summed E-state index contributed by atoms with van der Waals surface area (Å²) in [4.78, 5) is 23.3. The molecule has 2 aromatic heterocycles. The predicted molar refractivity (Wildman–Crippen MR) is 58.5 cm³/mol. The Morgan fingerprint density at radius 3 is 2.83 bits per heavy atom. The molecule has 0 aromatic carbocycles. The number of H-pyrrole nitrogens is 1. The van der Waals surface area contributed by atoms with E-state index in [0.717, 1.165) is 6.20 Å². The van der Waals surface area contributed by atoms with E-state index in [-0.39, 0.29) is 6.54 Å². The van der Waals surface area contributed by atoms with Gasteiger partial charge in [-0.2, -0.15) is 0 Å². The van der Waals surface area contributed by atoms with Crippen molar-refractivity contribution >= 4 is 5.91 Å². The molecule has 0 fully saturated rings. The number of amides is 1. The fraction of sp³-hybridized carbons (Fsp3) is 0.182. The van der Waals surface area contributed by atoms with E-state index in [2.05, 4.69) is 15.0 Å². The van der Waals surface area contributed by atoms with Gasteiger partial charge in [-0.1, -0.05) is 0 Å². The maximum atomic E-state index is 13.4. The van der Waals surface area contributed by atoms with Crippen LogP contribution >= 0.6 is 0 Å². The lowest BCUT2D eigenvalue weighted by atomic mass is 10.3. The Balaban J connectivity index is 2.15. The van der Waals surface area contributed by atoms with Crippen LogP contribution in [0.3, 0.4) is 0 Å². The fourth-order valence-electron chi connectivity index (χ4n) is 1.43. The highest BCUT2D eigenvalue weighted by Crippen LogP contribution is 2.09. The molecule has 1 N–H and O–H groups in total. The van der Waals surface area contributed by atoms with Gasteiger partial charge in [0, 0.05) is 25.5 Å². The molecule has 0 bridgehead atoms. The molecule has 0 aliphatic heterocycles. The summed E-state index contributed by atoms with van der Waals surface area (Å²) in [6.07, 6.45) is 3.96. The van der Waals surface area contributed by atoms with Gasteiger partial charge in [0.15, 0.2) is 11.5 Å². The van der Waals surface area contributed by atoms with Crippen molar-refractivity contribution in [2.75, 3.05) is 7.05 Å². The highest BCUT2D eigenvalue weighted by atomic mass is 19.1. The third-order valence-corrected chi connectivity index (χ3v) is 2.30. The fourth-order valence-corrected chi connectivity index (χ4v) is 1.43. The Bertz CT molecular complexity index is 556. The average molecular weight is 252 g/mol. The summed E-state index contributed by atoms with van der Waals surface area (Å²) >= 11 is 0. The van der Waals surface area contributed by atoms with E-state index in [0.29, 0.717) is 11.9 Å². The molecule has 94 valence electrons. The molecule has 2 aromatic rings. The molecule has 0 radical (unpaired) electrons. The quantitative estimate of drug-likeness (QED) is 0.897. The van der Waals surface area contributed by atoms with Gasteiger partial charge >= 0.3 is 0 Å². The lowest BCUT2D eigenvalue weighted by Gasteiger charge is -2.15. The van der Waals surface area contributed by atoms with Crippen molar-refractivity contribution in [3.63, 3.8) is 0 Å². The maximum Gasteiger partial charge on any atom is 0.275 e. The molecule has 0 spiro atoms. The standard InChI is InChI=1S/C11H10F2N4O/c1-17(6-9-14-2-3-15-9)11(18)10-8(13)4-7(12)5-16-10/h2-5H,6H2,1H3,(H,14,15). The zero-order valence-corrected chi connectivity index (χ0v) is 9.52. The van der Waals surface area contributed by atoms with Gasteiger partial charge in [0.05, 0.1) is 12.7 Å². The third kappa shape index (κ3) is 2.50. The highest BCUT2D eigenvalue weighted by Gasteiger charge is 2.19. The molecule has 5 nitrogen and oxygen atoms in total. The van der Waals surface area contributed by atoms with E-state index in [1.54, 1.807) is 12.4 Å². The van der Waals surface area contributed by atoms with Crippen LogP contribution in [0, 0.1) is 11.6 Å². The Labute approximate surface area is 101 Å². The number of carbonyl (C=O) groups excluding carboxylic acids is 1. The first kappa shape index (κ1) is 12.2. The van der Waals surface area contributed by atoms with Crippen molar-refractivity contribution < 1.29 is 13.6 Å². The second-order valence-electron chi connectivity index (χ2n) is 3.68. The average Bonchev–Trinajstić information content (AvgIpc) is 2.81. The molecule has 0 saturated carbocycles. The maximum absolute atomic E-state index is 13.4. The zero-order valence-electron chi connectivity index (χ0n) is 9.52. The number of carbonyl (C=O) groups is 1. The molecule has 0 aliphatic rings. The summed E-state index contributed by atoms with van der Waals surface area (Å²) in [5.41, 5.74) is -0.412. The van der Waals surface area contributed by atoms with Gasteiger partial charge in [-0.15, -0.1) is 0 Å². The number of pyridine rings is 1. The highest BCUT2D eigenvalue weighted by molar-refractivity contribution is 5.92. The largest absolute Gasteiger partial charge is 0.347 e. The molecular formula is C11H10F2N4O. The van der Waals surface area contributed by atoms with E-state index in [4.69, 9.17) is 0 Å². The third-order valence-electron chi connectivity index (χ3n) is 2.30. The number of imidazole rings is 1. The lowest BCUT2D eigenvalue weighted by Crippen LogP contribution is -2.28. The number of hydrogen-bond acceptors (Lipinski definition) is 3. The summed E-state index contributed by atoms with van der Waals surface area (Å²) in [6, 6.07) is 0.626. The molecular weight excluding hydrogens is 242 g/mol. The molecule has 2 heterocycles. The molecule has 0 atom stereocenters. The normalized spacial score (nSPS) is 10.4. The number of aromatic nitrogens is 3. The van der Waals surface area contributed by atoms with E-state index < -0.39 is 23.2 Å². The van der Waals surface area contributed by atoms with Crippen LogP contribution in [0.5, 0.6) is 0 Å². The van der Waals surface area contributed by atoms with Gasteiger partial charge in [0.1, 0.15) is 11.6 Å². The number of nitrogens with one attached hydrogen (secondary N) is 1. The minimum Gasteiger partial charge on any atom is -0.347 e. The van der Waals surface area contributed by atoms with Gasteiger partial charge in [-0.25, -0.2) is 18.7 Å². The number of aromatic amines is 1. The second kappa shape index (κ2) is 4.91. The Hall–Kier alpha value is -2.31. The SMILES string of the molecule is CN(Cc1ncc[nH]1)C(=O)c1ncc(F)cc1F. The van der Waals surface area contributed by atoms with E-state index in [1.165, 1.54) is 11.9 Å². The van der Waals surface area contributed by atoms with Gasteiger partial charge in [-0.3, -0.25) is 4.79 Å². The topological polar surface area (TPSA) is 61.9 Å². The zero-order chi connectivity index (χ0) is 13.1. The van der Waals surface area contributed by atoms with Gasteiger partial charge in [0.2, 0.25) is 0 Å². The minimum absolute atomic E-state index is 0.185. The predicted octanol–water partition coefficient (Wildman–Crippen LogP) is 1.36. The molecule has 1 amide bonds. The van der Waals surface area contributed by atoms with Gasteiger partial charge in [0.25, 0.3) is 5.91 Å². The molecule has 0 aliphatic carbocycles. The Morgan fingerprint density at radius 1 is 1.44 bits per heavy atom. The van der Waals surface area contributed by atoms with Crippen LogP contribution in [-0.2, 0) is 6.54 Å². The van der Waals surface area contributed by atoms with E-state index in [9.17, 15) is 13.6 Å². The molecule has 2 rings (SSSR count). The van der Waals surface area contributed by atoms with Crippen molar-refractivity contribution in [1.29, 1.82) is 0 Å². The second-order valence-corrected chi connectivity index (χ2v) is 3.68. The van der Waals surface area contributed by atoms with Crippen molar-refractivity contribution in [2.45, 2.75) is 6.54 Å². The van der Waals surface area contributed by atoms with Crippen LogP contribution in [0.25, 0.3) is 0 Å². The van der Waals surface area contributed by atoms with E-state index >= 15 is 0 Å². The van der Waals surface area contributed by atoms with Crippen molar-refractivity contribution in [3.8, 4) is 0 Å². The number of halogens is 2. The Kier molecular flexibility index (Phi) is 3.31. The Morgan fingerprint density at radius 2 is 2.22 bits per heavy atom. The van der Waals surface area contributed by atoms with Crippen LogP contribution in [0.15, 0.2) is 24.7 Å². The van der Waals surface area contributed by atoms with Crippen LogP contribution < -0.4 is 0 Å². The van der Waals surface area contributed by atoms with Crippen molar-refractivity contribution in [1.82, 2.24) is 19.9 Å². The van der Waals surface area contributed by atoms with Crippen LogP contribution in [0.4, 0.5) is 8.78 Å². The van der Waals surface area contributed by atoms with Gasteiger partial charge < -0.3 is 9.88 Å². The summed E-state index contributed by atoms with van der Waals surface area (Å²) in [6.45, 7) is 0.185. The summed E-state index contributed by atoms with van der Waals surface area (Å²) in [5.74, 6) is -1.87. The number of nitrogens with zero attached hydrogens (tertiary/aromatic N) is 3. The lowest BCUT2D eigenvalue weighted by molar-refractivity contribution is 0.0770. The van der Waals surface area contributed by atoms with E-state index in [1.807, 2.05) is 0 Å². The smallest absolute Gasteiger partial charge is 0.275 e. The number of hydrogen-bond donors (Lipinski definition) is 1. The summed E-state index contributed by atoms with van der Waals surface area (Å²) in [7, 11) is 1.48. The first-order valence-electron chi connectivity index (χ1n) is 5.12. The first-order chi connectivity index (χ1) is 8.58.